The summed E-state index contributed by atoms with van der Waals surface area (Å²) in [7, 11) is 0. The number of pyridine rings is 1. The van der Waals surface area contributed by atoms with Crippen LogP contribution in [0.4, 0.5) is 5.13 Å². The maximum atomic E-state index is 4.75. The second-order valence-electron chi connectivity index (χ2n) is 7.61. The molecule has 0 saturated carbocycles. The lowest BCUT2D eigenvalue weighted by atomic mass is 9.93. The van der Waals surface area contributed by atoms with Gasteiger partial charge in [0.1, 0.15) is 0 Å². The van der Waals surface area contributed by atoms with E-state index < -0.39 is 0 Å². The fourth-order valence-corrected chi connectivity index (χ4v) is 3.96. The number of fused-ring (bicyclic) bond motifs is 1. The summed E-state index contributed by atoms with van der Waals surface area (Å²) in [6.07, 6.45) is 5.79. The van der Waals surface area contributed by atoms with E-state index in [0.717, 1.165) is 48.5 Å². The quantitative estimate of drug-likeness (QED) is 0.722. The van der Waals surface area contributed by atoms with E-state index in [2.05, 4.69) is 53.9 Å². The van der Waals surface area contributed by atoms with Crippen LogP contribution in [-0.4, -0.2) is 50.7 Å². The molecule has 4 heterocycles. The van der Waals surface area contributed by atoms with Crippen LogP contribution in [-0.2, 0) is 12.0 Å². The molecule has 6 nitrogen and oxygen atoms in total. The minimum atomic E-state index is 0.0617. The molecule has 132 valence electrons. The molecule has 0 N–H and O–H groups in total. The molecule has 4 rings (SSSR count). The normalized spacial score (nSPS) is 16.7. The predicted octanol–water partition coefficient (Wildman–Crippen LogP) is 2.81. The molecule has 1 saturated heterocycles. The van der Waals surface area contributed by atoms with Gasteiger partial charge >= 0.3 is 0 Å². The summed E-state index contributed by atoms with van der Waals surface area (Å²) < 4.78 is 1.93. The molecule has 3 aromatic rings. The summed E-state index contributed by atoms with van der Waals surface area (Å²) in [6.45, 7) is 11.7. The summed E-state index contributed by atoms with van der Waals surface area (Å²) in [5.74, 6) is 0. The summed E-state index contributed by atoms with van der Waals surface area (Å²) in [5, 5.41) is 5.83. The molecule has 0 radical (unpaired) electrons. The highest BCUT2D eigenvalue weighted by Gasteiger charge is 2.23. The summed E-state index contributed by atoms with van der Waals surface area (Å²) in [5.41, 5.74) is 2.48. The van der Waals surface area contributed by atoms with Crippen LogP contribution in [0.5, 0.6) is 0 Å². The molecule has 0 unspecified atom stereocenters. The van der Waals surface area contributed by atoms with E-state index in [4.69, 9.17) is 10.1 Å². The number of nitrogens with zero attached hydrogens (tertiary/aromatic N) is 6. The molecule has 1 aliphatic rings. The lowest BCUT2D eigenvalue weighted by Crippen LogP contribution is -2.46. The zero-order chi connectivity index (χ0) is 17.4. The first kappa shape index (κ1) is 16.5. The van der Waals surface area contributed by atoms with Crippen molar-refractivity contribution < 1.29 is 0 Å². The summed E-state index contributed by atoms with van der Waals surface area (Å²) in [4.78, 5) is 14.7. The van der Waals surface area contributed by atoms with Gasteiger partial charge in [0.15, 0.2) is 0 Å². The molecule has 0 aliphatic carbocycles. The van der Waals surface area contributed by atoms with E-state index in [9.17, 15) is 0 Å². The van der Waals surface area contributed by atoms with E-state index in [1.807, 2.05) is 16.9 Å². The van der Waals surface area contributed by atoms with Gasteiger partial charge in [-0.25, -0.2) is 9.50 Å². The molecule has 0 bridgehead atoms. The topological polar surface area (TPSA) is 49.6 Å². The van der Waals surface area contributed by atoms with E-state index in [1.54, 1.807) is 11.3 Å². The van der Waals surface area contributed by atoms with Crippen molar-refractivity contribution in [1.82, 2.24) is 24.5 Å². The van der Waals surface area contributed by atoms with Gasteiger partial charge in [-0.3, -0.25) is 9.88 Å². The Kier molecular flexibility index (Phi) is 4.21. The zero-order valence-electron chi connectivity index (χ0n) is 15.0. The molecular weight excluding hydrogens is 332 g/mol. The van der Waals surface area contributed by atoms with Crippen molar-refractivity contribution >= 4 is 21.4 Å². The molecule has 1 aliphatic heterocycles. The van der Waals surface area contributed by atoms with Crippen molar-refractivity contribution in [2.24, 2.45) is 0 Å². The maximum Gasteiger partial charge on any atom is 0.214 e. The number of aromatic nitrogens is 4. The van der Waals surface area contributed by atoms with E-state index in [0.29, 0.717) is 0 Å². The first-order valence-electron chi connectivity index (χ1n) is 8.72. The van der Waals surface area contributed by atoms with Gasteiger partial charge in [-0.1, -0.05) is 32.1 Å². The first-order chi connectivity index (χ1) is 12.0. The van der Waals surface area contributed by atoms with Gasteiger partial charge in [0.2, 0.25) is 10.1 Å². The second kappa shape index (κ2) is 6.38. The lowest BCUT2D eigenvalue weighted by Gasteiger charge is -2.34. The number of rotatable bonds is 3. The lowest BCUT2D eigenvalue weighted by molar-refractivity contribution is 0.249. The molecule has 1 fully saturated rings. The fourth-order valence-electron chi connectivity index (χ4n) is 3.02. The Hall–Kier alpha value is -1.99. The predicted molar refractivity (Wildman–Crippen MR) is 101 cm³/mol. The van der Waals surface area contributed by atoms with Crippen LogP contribution in [0.25, 0.3) is 4.96 Å². The van der Waals surface area contributed by atoms with Crippen LogP contribution < -0.4 is 4.90 Å². The van der Waals surface area contributed by atoms with Crippen LogP contribution in [0, 0.1) is 0 Å². The van der Waals surface area contributed by atoms with Gasteiger partial charge in [-0.15, -0.1) is 5.10 Å². The Morgan fingerprint density at radius 2 is 1.80 bits per heavy atom. The van der Waals surface area contributed by atoms with Gasteiger partial charge in [0, 0.05) is 50.5 Å². The number of imidazole rings is 1. The standard InChI is InChI=1S/C18H24N6S/c1-18(2,3)15-13-24-16(20-15)25-17(21-24)23-10-8-22(9-11-23)12-14-4-6-19-7-5-14/h4-7,13H,8-12H2,1-3H3. The minimum absolute atomic E-state index is 0.0617. The fraction of sp³-hybridized carbons (Fsp3) is 0.500. The largest absolute Gasteiger partial charge is 0.344 e. The molecule has 0 atom stereocenters. The number of hydrogen-bond acceptors (Lipinski definition) is 6. The minimum Gasteiger partial charge on any atom is -0.344 e. The van der Waals surface area contributed by atoms with E-state index in [-0.39, 0.29) is 5.41 Å². The molecule has 3 aromatic heterocycles. The van der Waals surface area contributed by atoms with E-state index >= 15 is 0 Å². The molecule has 0 aromatic carbocycles. The van der Waals surface area contributed by atoms with Gasteiger partial charge in [0.05, 0.1) is 11.9 Å². The third kappa shape index (κ3) is 3.52. The van der Waals surface area contributed by atoms with Gasteiger partial charge < -0.3 is 4.90 Å². The number of hydrogen-bond donors (Lipinski definition) is 0. The zero-order valence-corrected chi connectivity index (χ0v) is 15.8. The number of anilines is 1. The summed E-state index contributed by atoms with van der Waals surface area (Å²) >= 11 is 1.69. The van der Waals surface area contributed by atoms with Crippen molar-refractivity contribution in [3.63, 3.8) is 0 Å². The van der Waals surface area contributed by atoms with Crippen molar-refractivity contribution in [1.29, 1.82) is 0 Å². The van der Waals surface area contributed by atoms with Crippen molar-refractivity contribution in [3.8, 4) is 0 Å². The second-order valence-corrected chi connectivity index (χ2v) is 8.54. The first-order valence-corrected chi connectivity index (χ1v) is 9.53. The monoisotopic (exact) mass is 356 g/mol. The van der Waals surface area contributed by atoms with E-state index in [1.165, 1.54) is 5.56 Å². The summed E-state index contributed by atoms with van der Waals surface area (Å²) in [6, 6.07) is 4.18. The third-order valence-electron chi connectivity index (χ3n) is 4.60. The molecule has 25 heavy (non-hydrogen) atoms. The molecule has 0 amide bonds. The van der Waals surface area contributed by atoms with Crippen LogP contribution in [0.3, 0.4) is 0 Å². The van der Waals surface area contributed by atoms with Crippen molar-refractivity contribution in [2.75, 3.05) is 31.1 Å². The maximum absolute atomic E-state index is 4.75. The van der Waals surface area contributed by atoms with Crippen LogP contribution in [0.15, 0.2) is 30.7 Å². The Morgan fingerprint density at radius 3 is 2.44 bits per heavy atom. The van der Waals surface area contributed by atoms with Gasteiger partial charge in [-0.05, 0) is 17.7 Å². The molecule has 7 heteroatoms. The number of piperazine rings is 1. The Labute approximate surface area is 152 Å². The third-order valence-corrected chi connectivity index (χ3v) is 5.58. The Morgan fingerprint density at radius 1 is 1.08 bits per heavy atom. The van der Waals surface area contributed by atoms with Crippen LogP contribution >= 0.6 is 11.3 Å². The van der Waals surface area contributed by atoms with Gasteiger partial charge in [-0.2, -0.15) is 0 Å². The smallest absolute Gasteiger partial charge is 0.214 e. The average Bonchev–Trinajstić information content (AvgIpc) is 3.15. The average molecular weight is 356 g/mol. The van der Waals surface area contributed by atoms with Crippen LogP contribution in [0.1, 0.15) is 32.0 Å². The highest BCUT2D eigenvalue weighted by molar-refractivity contribution is 7.20. The van der Waals surface area contributed by atoms with Crippen LogP contribution in [0.2, 0.25) is 0 Å². The SMILES string of the molecule is CC(C)(C)c1cn2nc(N3CCN(Cc4ccncc4)CC3)sc2n1. The van der Waals surface area contributed by atoms with Crippen molar-refractivity contribution in [2.45, 2.75) is 32.7 Å². The Balaban J connectivity index is 1.40. The highest BCUT2D eigenvalue weighted by Crippen LogP contribution is 2.28. The van der Waals surface area contributed by atoms with Crippen molar-refractivity contribution in [3.05, 3.63) is 42.0 Å². The molecule has 0 spiro atoms. The Bertz CT molecular complexity index is 808. The molecular formula is C18H24N6S. The highest BCUT2D eigenvalue weighted by atomic mass is 32.1. The van der Waals surface area contributed by atoms with Gasteiger partial charge in [0.25, 0.3) is 0 Å².